The molecule has 0 bridgehead atoms. The minimum absolute atomic E-state index is 0.0262. The maximum Gasteiger partial charge on any atom is 0.223 e. The van der Waals surface area contributed by atoms with Crippen LogP contribution in [0.4, 0.5) is 0 Å². The van der Waals surface area contributed by atoms with Crippen LogP contribution in [-0.4, -0.2) is 23.7 Å². The minimum atomic E-state index is -0.0990. The molecule has 0 spiro atoms. The number of rotatable bonds is 3. The second-order valence-corrected chi connectivity index (χ2v) is 3.57. The molecule has 1 aliphatic rings. The van der Waals surface area contributed by atoms with E-state index in [1.807, 2.05) is 6.92 Å². The molecule has 70 valence electrons. The van der Waals surface area contributed by atoms with E-state index in [1.54, 1.807) is 0 Å². The van der Waals surface area contributed by atoms with Gasteiger partial charge in [-0.2, -0.15) is 0 Å². The summed E-state index contributed by atoms with van der Waals surface area (Å²) >= 11 is 0. The van der Waals surface area contributed by atoms with Gasteiger partial charge in [-0.25, -0.2) is 0 Å². The molecule has 1 atom stereocenters. The fourth-order valence-electron chi connectivity index (χ4n) is 1.59. The predicted octanol–water partition coefficient (Wildman–Crippen LogP) is 0.674. The van der Waals surface area contributed by atoms with Crippen LogP contribution in [0, 0.1) is 5.92 Å². The Morgan fingerprint density at radius 2 is 2.17 bits per heavy atom. The molecule has 1 amide bonds. The van der Waals surface area contributed by atoms with Crippen molar-refractivity contribution < 1.29 is 9.90 Å². The Bertz CT molecular complexity index is 153. The second-order valence-electron chi connectivity index (χ2n) is 3.57. The van der Waals surface area contributed by atoms with Crippen molar-refractivity contribution in [3.63, 3.8) is 0 Å². The Kier molecular flexibility index (Phi) is 3.53. The first-order chi connectivity index (χ1) is 5.74. The van der Waals surface area contributed by atoms with E-state index in [9.17, 15) is 4.79 Å². The van der Waals surface area contributed by atoms with Crippen LogP contribution in [0.1, 0.15) is 32.6 Å². The third-order valence-electron chi connectivity index (χ3n) is 2.39. The summed E-state index contributed by atoms with van der Waals surface area (Å²) in [4.78, 5) is 11.4. The van der Waals surface area contributed by atoms with E-state index >= 15 is 0 Å². The lowest BCUT2D eigenvalue weighted by atomic mass is 10.1. The molecule has 1 saturated carbocycles. The van der Waals surface area contributed by atoms with Crippen LogP contribution in [0.2, 0.25) is 0 Å². The molecular weight excluding hydrogens is 154 g/mol. The van der Waals surface area contributed by atoms with Crippen LogP contribution in [-0.2, 0) is 4.79 Å². The Hall–Kier alpha value is -0.570. The highest BCUT2D eigenvalue weighted by Gasteiger charge is 2.23. The van der Waals surface area contributed by atoms with E-state index in [4.69, 9.17) is 5.11 Å². The normalized spacial score (nSPS) is 20.8. The summed E-state index contributed by atoms with van der Waals surface area (Å²) in [5, 5.41) is 11.5. The van der Waals surface area contributed by atoms with Gasteiger partial charge in [0.1, 0.15) is 0 Å². The maximum absolute atomic E-state index is 11.4. The molecule has 12 heavy (non-hydrogen) atoms. The van der Waals surface area contributed by atoms with Crippen molar-refractivity contribution in [2.24, 2.45) is 5.92 Å². The molecule has 1 fully saturated rings. The second kappa shape index (κ2) is 4.45. The van der Waals surface area contributed by atoms with Gasteiger partial charge in [0.05, 0.1) is 6.61 Å². The number of hydrogen-bond acceptors (Lipinski definition) is 2. The number of nitrogens with one attached hydrogen (secondary N) is 1. The molecular formula is C9H17NO2. The summed E-state index contributed by atoms with van der Waals surface area (Å²) in [5.74, 6) is 0.327. The highest BCUT2D eigenvalue weighted by molar-refractivity contribution is 5.79. The van der Waals surface area contributed by atoms with Gasteiger partial charge in [0, 0.05) is 12.0 Å². The van der Waals surface area contributed by atoms with Crippen LogP contribution < -0.4 is 5.32 Å². The molecule has 0 saturated heterocycles. The molecule has 3 heteroatoms. The van der Waals surface area contributed by atoms with Gasteiger partial charge in [-0.1, -0.05) is 12.8 Å². The highest BCUT2D eigenvalue weighted by atomic mass is 16.3. The van der Waals surface area contributed by atoms with E-state index in [2.05, 4.69) is 5.32 Å². The Balaban J connectivity index is 2.27. The van der Waals surface area contributed by atoms with Crippen molar-refractivity contribution in [2.45, 2.75) is 38.6 Å². The van der Waals surface area contributed by atoms with Gasteiger partial charge in [0.15, 0.2) is 0 Å². The van der Waals surface area contributed by atoms with Gasteiger partial charge in [-0.3, -0.25) is 4.79 Å². The number of carbonyl (C=O) groups excluding carboxylic acids is 1. The monoisotopic (exact) mass is 171 g/mol. The summed E-state index contributed by atoms with van der Waals surface area (Å²) in [6.07, 6.45) is 4.38. The molecule has 3 nitrogen and oxygen atoms in total. The first-order valence-corrected chi connectivity index (χ1v) is 4.65. The summed E-state index contributed by atoms with van der Waals surface area (Å²) in [7, 11) is 0. The highest BCUT2D eigenvalue weighted by Crippen LogP contribution is 2.24. The SMILES string of the molecule is C[C@H](CO)NC(=O)C1CCCC1. The van der Waals surface area contributed by atoms with Gasteiger partial charge in [0.25, 0.3) is 0 Å². The van der Waals surface area contributed by atoms with Crippen LogP contribution in [0.5, 0.6) is 0 Å². The van der Waals surface area contributed by atoms with E-state index in [0.29, 0.717) is 0 Å². The Morgan fingerprint density at radius 3 is 2.67 bits per heavy atom. The van der Waals surface area contributed by atoms with Crippen molar-refractivity contribution >= 4 is 5.91 Å². The third kappa shape index (κ3) is 2.48. The predicted molar refractivity (Wildman–Crippen MR) is 46.6 cm³/mol. The van der Waals surface area contributed by atoms with Crippen molar-refractivity contribution in [3.05, 3.63) is 0 Å². The van der Waals surface area contributed by atoms with E-state index in [1.165, 1.54) is 12.8 Å². The lowest BCUT2D eigenvalue weighted by molar-refractivity contribution is -0.125. The van der Waals surface area contributed by atoms with Crippen LogP contribution >= 0.6 is 0 Å². The average Bonchev–Trinajstić information content (AvgIpc) is 2.56. The van der Waals surface area contributed by atoms with Crippen LogP contribution in [0.25, 0.3) is 0 Å². The Labute approximate surface area is 73.2 Å². The quantitative estimate of drug-likeness (QED) is 0.656. The van der Waals surface area contributed by atoms with E-state index in [0.717, 1.165) is 12.8 Å². The zero-order chi connectivity index (χ0) is 8.97. The topological polar surface area (TPSA) is 49.3 Å². The zero-order valence-electron chi connectivity index (χ0n) is 7.55. The maximum atomic E-state index is 11.4. The van der Waals surface area contributed by atoms with Crippen molar-refractivity contribution in [2.75, 3.05) is 6.61 Å². The van der Waals surface area contributed by atoms with Gasteiger partial charge >= 0.3 is 0 Å². The van der Waals surface area contributed by atoms with E-state index < -0.39 is 0 Å². The van der Waals surface area contributed by atoms with E-state index in [-0.39, 0.29) is 24.5 Å². The van der Waals surface area contributed by atoms with Gasteiger partial charge in [-0.05, 0) is 19.8 Å². The molecule has 0 aliphatic heterocycles. The zero-order valence-corrected chi connectivity index (χ0v) is 7.55. The molecule has 0 aromatic rings. The molecule has 0 heterocycles. The first kappa shape index (κ1) is 9.52. The minimum Gasteiger partial charge on any atom is -0.394 e. The Morgan fingerprint density at radius 1 is 1.58 bits per heavy atom. The van der Waals surface area contributed by atoms with Gasteiger partial charge < -0.3 is 10.4 Å². The summed E-state index contributed by atoms with van der Waals surface area (Å²) in [6.45, 7) is 1.84. The number of aliphatic hydroxyl groups is 1. The first-order valence-electron chi connectivity index (χ1n) is 4.65. The fourth-order valence-corrected chi connectivity index (χ4v) is 1.59. The standard InChI is InChI=1S/C9H17NO2/c1-7(6-11)10-9(12)8-4-2-3-5-8/h7-8,11H,2-6H2,1H3,(H,10,12)/t7-/m1/s1. The van der Waals surface area contributed by atoms with Crippen LogP contribution in [0.15, 0.2) is 0 Å². The number of hydrogen-bond donors (Lipinski definition) is 2. The molecule has 0 aromatic carbocycles. The van der Waals surface area contributed by atoms with Crippen molar-refractivity contribution in [1.82, 2.24) is 5.32 Å². The molecule has 1 aliphatic carbocycles. The number of amides is 1. The molecule has 0 unspecified atom stereocenters. The largest absolute Gasteiger partial charge is 0.394 e. The average molecular weight is 171 g/mol. The summed E-state index contributed by atoms with van der Waals surface area (Å²) < 4.78 is 0. The molecule has 2 N–H and O–H groups in total. The lowest BCUT2D eigenvalue weighted by Gasteiger charge is -2.14. The smallest absolute Gasteiger partial charge is 0.223 e. The molecule has 1 rings (SSSR count). The van der Waals surface area contributed by atoms with Gasteiger partial charge in [0.2, 0.25) is 5.91 Å². The lowest BCUT2D eigenvalue weighted by Crippen LogP contribution is -2.38. The third-order valence-corrected chi connectivity index (χ3v) is 2.39. The molecule has 0 aromatic heterocycles. The van der Waals surface area contributed by atoms with Crippen LogP contribution in [0.3, 0.4) is 0 Å². The summed E-state index contributed by atoms with van der Waals surface area (Å²) in [6, 6.07) is -0.0990. The summed E-state index contributed by atoms with van der Waals surface area (Å²) in [5.41, 5.74) is 0. The number of aliphatic hydroxyl groups excluding tert-OH is 1. The van der Waals surface area contributed by atoms with Crippen molar-refractivity contribution in [1.29, 1.82) is 0 Å². The van der Waals surface area contributed by atoms with Gasteiger partial charge in [-0.15, -0.1) is 0 Å². The number of carbonyl (C=O) groups is 1. The van der Waals surface area contributed by atoms with Crippen molar-refractivity contribution in [3.8, 4) is 0 Å². The molecule has 0 radical (unpaired) electrons. The fraction of sp³-hybridized carbons (Fsp3) is 0.889.